The number of aromatic nitrogens is 2. The summed E-state index contributed by atoms with van der Waals surface area (Å²) in [5, 5.41) is 8.98. The number of anilines is 1. The molecule has 1 fully saturated rings. The van der Waals surface area contributed by atoms with Crippen LogP contribution in [-0.4, -0.2) is 35.3 Å². The van der Waals surface area contributed by atoms with E-state index in [-0.39, 0.29) is 12.1 Å². The number of hydrogen-bond donors (Lipinski definition) is 0. The Morgan fingerprint density at radius 1 is 1.56 bits per heavy atom. The van der Waals surface area contributed by atoms with Gasteiger partial charge in [0, 0.05) is 12.2 Å². The highest BCUT2D eigenvalue weighted by molar-refractivity contribution is 5.37. The standard InChI is InChI=1S/C13H18N4O/c1-4-12-8-18-10(3)7-17(12)13-15-9(2)5-11(6-14)16-13/h5,10,12H,4,7-8H2,1-3H3. The summed E-state index contributed by atoms with van der Waals surface area (Å²) in [5.74, 6) is 0.647. The third-order valence-corrected chi connectivity index (χ3v) is 3.15. The van der Waals surface area contributed by atoms with Gasteiger partial charge in [0.05, 0.1) is 18.8 Å². The fourth-order valence-corrected chi connectivity index (χ4v) is 2.17. The van der Waals surface area contributed by atoms with Gasteiger partial charge in [0.15, 0.2) is 0 Å². The Morgan fingerprint density at radius 2 is 2.33 bits per heavy atom. The number of nitrogens with zero attached hydrogens (tertiary/aromatic N) is 4. The third kappa shape index (κ3) is 2.59. The van der Waals surface area contributed by atoms with E-state index in [0.29, 0.717) is 18.2 Å². The smallest absolute Gasteiger partial charge is 0.227 e. The molecule has 0 saturated carbocycles. The Kier molecular flexibility index (Phi) is 3.78. The molecule has 96 valence electrons. The average Bonchev–Trinajstić information content (AvgIpc) is 2.38. The molecular weight excluding hydrogens is 228 g/mol. The van der Waals surface area contributed by atoms with Gasteiger partial charge in [-0.25, -0.2) is 9.97 Å². The lowest BCUT2D eigenvalue weighted by molar-refractivity contribution is 0.0292. The van der Waals surface area contributed by atoms with Gasteiger partial charge in [-0.3, -0.25) is 0 Å². The van der Waals surface area contributed by atoms with Crippen LogP contribution in [0.15, 0.2) is 6.07 Å². The van der Waals surface area contributed by atoms with Crippen LogP contribution in [0.3, 0.4) is 0 Å². The van der Waals surface area contributed by atoms with E-state index in [1.54, 1.807) is 6.07 Å². The molecule has 5 nitrogen and oxygen atoms in total. The minimum Gasteiger partial charge on any atom is -0.375 e. The molecule has 1 aromatic heterocycles. The van der Waals surface area contributed by atoms with Crippen molar-refractivity contribution in [2.75, 3.05) is 18.1 Å². The van der Waals surface area contributed by atoms with Crippen LogP contribution >= 0.6 is 0 Å². The predicted molar refractivity (Wildman–Crippen MR) is 68.3 cm³/mol. The van der Waals surface area contributed by atoms with Crippen LogP contribution in [0.5, 0.6) is 0 Å². The zero-order valence-electron chi connectivity index (χ0n) is 11.1. The predicted octanol–water partition coefficient (Wildman–Crippen LogP) is 1.66. The van der Waals surface area contributed by atoms with Crippen LogP contribution in [0.1, 0.15) is 31.7 Å². The van der Waals surface area contributed by atoms with Crippen molar-refractivity contribution in [3.8, 4) is 6.07 Å². The van der Waals surface area contributed by atoms with E-state index < -0.39 is 0 Å². The molecule has 2 heterocycles. The second-order valence-corrected chi connectivity index (χ2v) is 4.66. The summed E-state index contributed by atoms with van der Waals surface area (Å²) >= 11 is 0. The highest BCUT2D eigenvalue weighted by Crippen LogP contribution is 2.20. The quantitative estimate of drug-likeness (QED) is 0.794. The van der Waals surface area contributed by atoms with Gasteiger partial charge in [0.1, 0.15) is 11.8 Å². The van der Waals surface area contributed by atoms with Crippen molar-refractivity contribution >= 4 is 5.95 Å². The van der Waals surface area contributed by atoms with Gasteiger partial charge < -0.3 is 9.64 Å². The lowest BCUT2D eigenvalue weighted by Gasteiger charge is -2.38. The largest absolute Gasteiger partial charge is 0.375 e. The molecule has 2 atom stereocenters. The van der Waals surface area contributed by atoms with Crippen molar-refractivity contribution in [3.05, 3.63) is 17.5 Å². The molecular formula is C13H18N4O. The van der Waals surface area contributed by atoms with Crippen molar-refractivity contribution in [2.45, 2.75) is 39.3 Å². The zero-order valence-corrected chi connectivity index (χ0v) is 11.1. The summed E-state index contributed by atoms with van der Waals surface area (Å²) in [4.78, 5) is 10.9. The average molecular weight is 246 g/mol. The normalized spacial score (nSPS) is 23.8. The van der Waals surface area contributed by atoms with E-state index in [1.807, 2.05) is 13.8 Å². The minimum atomic E-state index is 0.169. The summed E-state index contributed by atoms with van der Waals surface area (Å²) in [6.07, 6.45) is 1.15. The fraction of sp³-hybridized carbons (Fsp3) is 0.615. The van der Waals surface area contributed by atoms with Crippen molar-refractivity contribution in [1.82, 2.24) is 9.97 Å². The van der Waals surface area contributed by atoms with Gasteiger partial charge >= 0.3 is 0 Å². The van der Waals surface area contributed by atoms with Crippen molar-refractivity contribution in [2.24, 2.45) is 0 Å². The van der Waals surface area contributed by atoms with E-state index in [2.05, 4.69) is 27.9 Å². The van der Waals surface area contributed by atoms with Crippen LogP contribution in [0, 0.1) is 18.3 Å². The molecule has 1 aliphatic heterocycles. The molecule has 18 heavy (non-hydrogen) atoms. The molecule has 0 aliphatic carbocycles. The maximum Gasteiger partial charge on any atom is 0.227 e. The summed E-state index contributed by atoms with van der Waals surface area (Å²) in [7, 11) is 0. The summed E-state index contributed by atoms with van der Waals surface area (Å²) in [5.41, 5.74) is 1.25. The second kappa shape index (κ2) is 5.32. The summed E-state index contributed by atoms with van der Waals surface area (Å²) in [6, 6.07) is 4.07. The van der Waals surface area contributed by atoms with Gasteiger partial charge in [-0.1, -0.05) is 6.92 Å². The second-order valence-electron chi connectivity index (χ2n) is 4.66. The first-order valence-electron chi connectivity index (χ1n) is 6.28. The third-order valence-electron chi connectivity index (χ3n) is 3.15. The molecule has 2 rings (SSSR count). The Labute approximate surface area is 107 Å². The van der Waals surface area contributed by atoms with Crippen LogP contribution < -0.4 is 4.90 Å². The van der Waals surface area contributed by atoms with E-state index in [1.165, 1.54) is 0 Å². The first kappa shape index (κ1) is 12.8. The SMILES string of the molecule is CCC1COC(C)CN1c1nc(C)cc(C#N)n1. The van der Waals surface area contributed by atoms with Crippen LogP contribution in [0.2, 0.25) is 0 Å². The number of rotatable bonds is 2. The first-order chi connectivity index (χ1) is 8.63. The van der Waals surface area contributed by atoms with E-state index in [4.69, 9.17) is 10.00 Å². The summed E-state index contributed by atoms with van der Waals surface area (Å²) in [6.45, 7) is 7.51. The monoisotopic (exact) mass is 246 g/mol. The molecule has 1 aromatic rings. The van der Waals surface area contributed by atoms with E-state index in [9.17, 15) is 0 Å². The van der Waals surface area contributed by atoms with Gasteiger partial charge in [-0.15, -0.1) is 0 Å². The Morgan fingerprint density at radius 3 is 3.00 bits per heavy atom. The van der Waals surface area contributed by atoms with E-state index >= 15 is 0 Å². The highest BCUT2D eigenvalue weighted by Gasteiger charge is 2.27. The topological polar surface area (TPSA) is 62.0 Å². The summed E-state index contributed by atoms with van der Waals surface area (Å²) < 4.78 is 5.66. The van der Waals surface area contributed by atoms with Gasteiger partial charge in [-0.05, 0) is 26.3 Å². The van der Waals surface area contributed by atoms with Gasteiger partial charge in [0.2, 0.25) is 5.95 Å². The van der Waals surface area contributed by atoms with E-state index in [0.717, 1.165) is 18.7 Å². The van der Waals surface area contributed by atoms with Crippen molar-refractivity contribution < 1.29 is 4.74 Å². The Bertz CT molecular complexity index is 469. The molecule has 2 unspecified atom stereocenters. The lowest BCUT2D eigenvalue weighted by Crippen LogP contribution is -2.49. The van der Waals surface area contributed by atoms with Crippen LogP contribution in [0.25, 0.3) is 0 Å². The van der Waals surface area contributed by atoms with Crippen LogP contribution in [-0.2, 0) is 4.74 Å². The molecule has 0 radical (unpaired) electrons. The number of morpholine rings is 1. The number of hydrogen-bond acceptors (Lipinski definition) is 5. The van der Waals surface area contributed by atoms with Crippen molar-refractivity contribution in [1.29, 1.82) is 5.26 Å². The molecule has 1 saturated heterocycles. The molecule has 5 heteroatoms. The number of ether oxygens (including phenoxy) is 1. The minimum absolute atomic E-state index is 0.169. The number of aryl methyl sites for hydroxylation is 1. The maximum absolute atomic E-state index is 8.98. The first-order valence-corrected chi connectivity index (χ1v) is 6.28. The Hall–Kier alpha value is -1.67. The maximum atomic E-state index is 8.98. The molecule has 0 bridgehead atoms. The lowest BCUT2D eigenvalue weighted by atomic mass is 10.1. The molecule has 1 aliphatic rings. The molecule has 0 aromatic carbocycles. The molecule has 0 spiro atoms. The highest BCUT2D eigenvalue weighted by atomic mass is 16.5. The van der Waals surface area contributed by atoms with Gasteiger partial charge in [-0.2, -0.15) is 5.26 Å². The molecule has 0 N–H and O–H groups in total. The van der Waals surface area contributed by atoms with Gasteiger partial charge in [0.25, 0.3) is 0 Å². The van der Waals surface area contributed by atoms with Crippen molar-refractivity contribution in [3.63, 3.8) is 0 Å². The molecule has 0 amide bonds. The Balaban J connectivity index is 2.33. The van der Waals surface area contributed by atoms with Crippen LogP contribution in [0.4, 0.5) is 5.95 Å². The zero-order chi connectivity index (χ0) is 13.1. The fourth-order valence-electron chi connectivity index (χ4n) is 2.17. The number of nitriles is 1.